The zero-order chi connectivity index (χ0) is 10.6. The van der Waals surface area contributed by atoms with Crippen molar-refractivity contribution in [1.29, 1.82) is 0 Å². The van der Waals surface area contributed by atoms with Crippen LogP contribution in [0, 0.1) is 29.1 Å². The highest BCUT2D eigenvalue weighted by Gasteiger charge is 2.48. The molecule has 4 aliphatic rings. The molecular formula is C15H24. The van der Waals surface area contributed by atoms with E-state index in [1.807, 2.05) is 0 Å². The van der Waals surface area contributed by atoms with Crippen LogP contribution in [-0.2, 0) is 0 Å². The van der Waals surface area contributed by atoms with E-state index >= 15 is 0 Å². The van der Waals surface area contributed by atoms with E-state index in [-0.39, 0.29) is 0 Å². The van der Waals surface area contributed by atoms with Gasteiger partial charge in [-0.25, -0.2) is 0 Å². The van der Waals surface area contributed by atoms with Crippen LogP contribution in [0.4, 0.5) is 0 Å². The van der Waals surface area contributed by atoms with Gasteiger partial charge >= 0.3 is 0 Å². The van der Waals surface area contributed by atoms with E-state index in [0.29, 0.717) is 5.41 Å². The highest BCUT2D eigenvalue weighted by molar-refractivity contribution is 5.20. The first-order chi connectivity index (χ1) is 7.10. The summed E-state index contributed by atoms with van der Waals surface area (Å²) in [6.07, 6.45) is 10.1. The zero-order valence-corrected chi connectivity index (χ0v) is 10.4. The first-order valence-electron chi connectivity index (χ1n) is 6.79. The molecule has 0 heterocycles. The third-order valence-electron chi connectivity index (χ3n) is 5.82. The van der Waals surface area contributed by atoms with Crippen molar-refractivity contribution in [3.8, 4) is 0 Å². The number of hydrogen-bond acceptors (Lipinski definition) is 0. The molecule has 0 saturated heterocycles. The third kappa shape index (κ3) is 1.33. The molecule has 0 unspecified atom stereocenters. The van der Waals surface area contributed by atoms with Gasteiger partial charge in [0.25, 0.3) is 0 Å². The lowest BCUT2D eigenvalue weighted by Gasteiger charge is -2.36. The van der Waals surface area contributed by atoms with Crippen LogP contribution in [0.1, 0.15) is 52.9 Å². The molecule has 2 bridgehead atoms. The minimum atomic E-state index is 0.562. The normalized spacial score (nSPS) is 53.7. The fourth-order valence-electron chi connectivity index (χ4n) is 4.83. The minimum Gasteiger partial charge on any atom is -0.0791 e. The van der Waals surface area contributed by atoms with Crippen molar-refractivity contribution < 1.29 is 0 Å². The van der Waals surface area contributed by atoms with Crippen molar-refractivity contribution in [2.45, 2.75) is 52.9 Å². The van der Waals surface area contributed by atoms with Crippen molar-refractivity contribution in [3.63, 3.8) is 0 Å². The summed E-state index contributed by atoms with van der Waals surface area (Å²) in [4.78, 5) is 0. The van der Waals surface area contributed by atoms with E-state index in [1.165, 1.54) is 32.1 Å². The molecule has 0 spiro atoms. The molecule has 0 heteroatoms. The molecule has 5 atom stereocenters. The lowest BCUT2D eigenvalue weighted by atomic mass is 9.68. The summed E-state index contributed by atoms with van der Waals surface area (Å²) < 4.78 is 0. The van der Waals surface area contributed by atoms with Gasteiger partial charge in [-0.1, -0.05) is 31.9 Å². The topological polar surface area (TPSA) is 0 Å². The summed E-state index contributed by atoms with van der Waals surface area (Å²) in [5, 5.41) is 0. The zero-order valence-electron chi connectivity index (χ0n) is 10.4. The molecule has 2 fully saturated rings. The molecule has 0 N–H and O–H groups in total. The van der Waals surface area contributed by atoms with Crippen molar-refractivity contribution in [3.05, 3.63) is 11.6 Å². The molecule has 2 saturated carbocycles. The van der Waals surface area contributed by atoms with Crippen LogP contribution in [0.5, 0.6) is 0 Å². The van der Waals surface area contributed by atoms with Gasteiger partial charge in [0.2, 0.25) is 0 Å². The molecule has 15 heavy (non-hydrogen) atoms. The highest BCUT2D eigenvalue weighted by atomic mass is 14.5. The van der Waals surface area contributed by atoms with E-state index in [1.54, 1.807) is 5.57 Å². The number of fused-ring (bicyclic) bond motifs is 1. The van der Waals surface area contributed by atoms with Gasteiger partial charge in [-0.2, -0.15) is 0 Å². The Bertz CT molecular complexity index is 301. The van der Waals surface area contributed by atoms with Gasteiger partial charge in [0.05, 0.1) is 0 Å². The fraction of sp³-hybridized carbons (Fsp3) is 0.867. The smallest absolute Gasteiger partial charge is 0.0113 e. The van der Waals surface area contributed by atoms with Gasteiger partial charge in [0.1, 0.15) is 0 Å². The summed E-state index contributed by atoms with van der Waals surface area (Å²) in [5.74, 6) is 3.98. The summed E-state index contributed by atoms with van der Waals surface area (Å²) in [6.45, 7) is 7.41. The summed E-state index contributed by atoms with van der Waals surface area (Å²) in [5.41, 5.74) is 2.28. The Balaban J connectivity index is 2.02. The van der Waals surface area contributed by atoms with Gasteiger partial charge in [-0.15, -0.1) is 0 Å². The number of hydrogen-bond donors (Lipinski definition) is 0. The fourth-order valence-corrected chi connectivity index (χ4v) is 4.83. The van der Waals surface area contributed by atoms with E-state index < -0.39 is 0 Å². The predicted molar refractivity (Wildman–Crippen MR) is 64.6 cm³/mol. The second-order valence-corrected chi connectivity index (χ2v) is 6.69. The Kier molecular flexibility index (Phi) is 2.06. The average molecular weight is 204 g/mol. The van der Waals surface area contributed by atoms with Gasteiger partial charge in [-0.3, -0.25) is 0 Å². The number of allylic oxidation sites excluding steroid dienone is 2. The summed E-state index contributed by atoms with van der Waals surface area (Å²) in [7, 11) is 0. The molecular weight excluding hydrogens is 180 g/mol. The molecule has 4 rings (SSSR count). The van der Waals surface area contributed by atoms with Crippen LogP contribution in [0.25, 0.3) is 0 Å². The van der Waals surface area contributed by atoms with Crippen LogP contribution in [0.15, 0.2) is 11.6 Å². The van der Waals surface area contributed by atoms with Crippen LogP contribution < -0.4 is 0 Å². The summed E-state index contributed by atoms with van der Waals surface area (Å²) in [6, 6.07) is 0. The first kappa shape index (κ1) is 9.93. The molecule has 0 aromatic rings. The Morgan fingerprint density at radius 2 is 2.07 bits per heavy atom. The van der Waals surface area contributed by atoms with Crippen molar-refractivity contribution in [2.75, 3.05) is 0 Å². The second-order valence-electron chi connectivity index (χ2n) is 6.69. The Morgan fingerprint density at radius 1 is 1.27 bits per heavy atom. The van der Waals surface area contributed by atoms with Gasteiger partial charge in [0.15, 0.2) is 0 Å². The van der Waals surface area contributed by atoms with Crippen LogP contribution in [0.2, 0.25) is 0 Å². The minimum absolute atomic E-state index is 0.562. The standard InChI is InChI=1S/C15H24/c1-10-4-5-14-13(10)8-12-6-7-15(14,3)9-11(12)2/h9-10,12-14H,4-8H2,1-3H3/t10-,12-,13-,14+,15-/m0/s1. The lowest BCUT2D eigenvalue weighted by molar-refractivity contribution is 0.185. The molecule has 0 amide bonds. The summed E-state index contributed by atoms with van der Waals surface area (Å²) >= 11 is 0. The van der Waals surface area contributed by atoms with Crippen LogP contribution >= 0.6 is 0 Å². The monoisotopic (exact) mass is 204 g/mol. The van der Waals surface area contributed by atoms with E-state index in [0.717, 1.165) is 23.7 Å². The SMILES string of the molecule is CC1=C[C@]2(C)CC[C@H]1C[C@@H]1[C@H]2CC[C@@H]1C. The van der Waals surface area contributed by atoms with E-state index in [4.69, 9.17) is 0 Å². The molecule has 0 aliphatic heterocycles. The predicted octanol–water partition coefficient (Wildman–Crippen LogP) is 4.42. The maximum Gasteiger partial charge on any atom is -0.0113 e. The van der Waals surface area contributed by atoms with Crippen molar-refractivity contribution >= 4 is 0 Å². The Morgan fingerprint density at radius 3 is 2.80 bits per heavy atom. The lowest BCUT2D eigenvalue weighted by Crippen LogP contribution is -2.28. The quantitative estimate of drug-likeness (QED) is 0.513. The number of rotatable bonds is 0. The first-order valence-corrected chi connectivity index (χ1v) is 6.79. The maximum absolute atomic E-state index is 2.66. The highest BCUT2D eigenvalue weighted by Crippen LogP contribution is 2.58. The Labute approximate surface area is 94.1 Å². The maximum atomic E-state index is 2.66. The molecule has 0 nitrogen and oxygen atoms in total. The van der Waals surface area contributed by atoms with Crippen molar-refractivity contribution in [2.24, 2.45) is 29.1 Å². The second kappa shape index (κ2) is 3.12. The Hall–Kier alpha value is -0.260. The molecule has 0 aromatic carbocycles. The van der Waals surface area contributed by atoms with Crippen LogP contribution in [-0.4, -0.2) is 0 Å². The molecule has 0 radical (unpaired) electrons. The molecule has 0 aromatic heterocycles. The van der Waals surface area contributed by atoms with Gasteiger partial charge in [-0.05, 0) is 61.7 Å². The largest absolute Gasteiger partial charge is 0.0791 e. The third-order valence-corrected chi connectivity index (χ3v) is 5.82. The van der Waals surface area contributed by atoms with E-state index in [2.05, 4.69) is 26.8 Å². The van der Waals surface area contributed by atoms with Crippen molar-refractivity contribution in [1.82, 2.24) is 0 Å². The molecule has 4 aliphatic carbocycles. The van der Waals surface area contributed by atoms with E-state index in [9.17, 15) is 0 Å². The van der Waals surface area contributed by atoms with Gasteiger partial charge < -0.3 is 0 Å². The molecule has 84 valence electrons. The van der Waals surface area contributed by atoms with Gasteiger partial charge in [0, 0.05) is 0 Å². The average Bonchev–Trinajstić information content (AvgIpc) is 2.41. The van der Waals surface area contributed by atoms with Crippen LogP contribution in [0.3, 0.4) is 0 Å².